The first-order valence-corrected chi connectivity index (χ1v) is 7.87. The minimum atomic E-state index is -4.82. The van der Waals surface area contributed by atoms with Gasteiger partial charge in [-0.05, 0) is 12.8 Å². The highest BCUT2D eigenvalue weighted by molar-refractivity contribution is 7.88. The third kappa shape index (κ3) is 4.60. The molecule has 0 aromatic heterocycles. The lowest BCUT2D eigenvalue weighted by molar-refractivity contribution is -0.202. The smallest absolute Gasteiger partial charge is 0.382 e. The Morgan fingerprint density at radius 2 is 2.05 bits per heavy atom. The molecule has 1 saturated heterocycles. The summed E-state index contributed by atoms with van der Waals surface area (Å²) < 4.78 is 60.3. The zero-order valence-electron chi connectivity index (χ0n) is 10.9. The van der Waals surface area contributed by atoms with Crippen LogP contribution < -0.4 is 5.32 Å². The van der Waals surface area contributed by atoms with Crippen LogP contribution in [0.2, 0.25) is 0 Å². The van der Waals surface area contributed by atoms with Gasteiger partial charge in [0, 0.05) is 6.54 Å². The first kappa shape index (κ1) is 17.2. The predicted octanol–water partition coefficient (Wildman–Crippen LogP) is -0.160. The Kier molecular flexibility index (Phi) is 5.39. The van der Waals surface area contributed by atoms with E-state index in [2.05, 4.69) is 0 Å². The van der Waals surface area contributed by atoms with Crippen LogP contribution in [0.5, 0.6) is 0 Å². The topological polar surface area (TPSA) is 86.7 Å². The number of amides is 1. The maximum atomic E-state index is 12.1. The van der Waals surface area contributed by atoms with E-state index in [0.29, 0.717) is 12.8 Å². The van der Waals surface area contributed by atoms with E-state index in [0.717, 1.165) is 10.6 Å². The van der Waals surface area contributed by atoms with Crippen molar-refractivity contribution in [2.45, 2.75) is 37.6 Å². The minimum absolute atomic E-state index is 0.165. The molecule has 1 aliphatic heterocycles. The van der Waals surface area contributed by atoms with Crippen LogP contribution in [-0.4, -0.2) is 61.4 Å². The molecule has 20 heavy (non-hydrogen) atoms. The number of hydrogen-bond donors (Lipinski definition) is 2. The minimum Gasteiger partial charge on any atom is -0.382 e. The predicted molar refractivity (Wildman–Crippen MR) is 64.3 cm³/mol. The van der Waals surface area contributed by atoms with Crippen LogP contribution in [0.25, 0.3) is 0 Å². The van der Waals surface area contributed by atoms with Crippen molar-refractivity contribution in [3.63, 3.8) is 0 Å². The lowest BCUT2D eigenvalue weighted by atomic mass is 10.0. The van der Waals surface area contributed by atoms with Crippen molar-refractivity contribution in [2.75, 3.05) is 19.3 Å². The van der Waals surface area contributed by atoms with E-state index in [9.17, 15) is 26.4 Å². The molecule has 2 atom stereocenters. The molecule has 0 saturated carbocycles. The third-order valence-electron chi connectivity index (χ3n) is 3.03. The number of aliphatic hydroxyl groups excluding tert-OH is 1. The zero-order chi connectivity index (χ0) is 15.6. The summed E-state index contributed by atoms with van der Waals surface area (Å²) >= 11 is 0. The molecule has 0 bridgehead atoms. The number of alkyl halides is 3. The highest BCUT2D eigenvalue weighted by Gasteiger charge is 2.39. The third-order valence-corrected chi connectivity index (χ3v) is 4.32. The molecule has 2 unspecified atom stereocenters. The van der Waals surface area contributed by atoms with E-state index < -0.39 is 40.8 Å². The summed E-state index contributed by atoms with van der Waals surface area (Å²) in [5, 5.41) is 10.7. The van der Waals surface area contributed by atoms with E-state index in [1.54, 1.807) is 0 Å². The number of rotatable bonds is 4. The Morgan fingerprint density at radius 3 is 2.55 bits per heavy atom. The van der Waals surface area contributed by atoms with E-state index in [4.69, 9.17) is 5.11 Å². The standard InChI is InChI=1S/C10H17F3N2O4S/c1-20(18,19)15-5-3-2-4-7(15)9(17)14-6-8(16)10(11,12)13/h7-8,16H,2-6H2,1H3,(H,14,17). The lowest BCUT2D eigenvalue weighted by Crippen LogP contribution is -2.53. The molecule has 2 N–H and O–H groups in total. The van der Waals surface area contributed by atoms with Crippen molar-refractivity contribution >= 4 is 15.9 Å². The van der Waals surface area contributed by atoms with Gasteiger partial charge >= 0.3 is 6.18 Å². The maximum Gasteiger partial charge on any atom is 0.416 e. The summed E-state index contributed by atoms with van der Waals surface area (Å²) in [5.74, 6) is -0.821. The Bertz CT molecular complexity index is 452. The van der Waals surface area contributed by atoms with Gasteiger partial charge in [0.15, 0.2) is 6.10 Å². The summed E-state index contributed by atoms with van der Waals surface area (Å²) in [7, 11) is -3.60. The first-order valence-electron chi connectivity index (χ1n) is 6.03. The van der Waals surface area contributed by atoms with Crippen LogP contribution in [0, 0.1) is 0 Å². The Hall–Kier alpha value is -0.870. The molecule has 1 rings (SSSR count). The number of carbonyl (C=O) groups excluding carboxylic acids is 1. The van der Waals surface area contributed by atoms with Gasteiger partial charge in [0.1, 0.15) is 6.04 Å². The van der Waals surface area contributed by atoms with Crippen LogP contribution >= 0.6 is 0 Å². The summed E-state index contributed by atoms with van der Waals surface area (Å²) in [4.78, 5) is 11.8. The number of sulfonamides is 1. The van der Waals surface area contributed by atoms with Crippen molar-refractivity contribution < 1.29 is 31.5 Å². The molecule has 0 radical (unpaired) electrons. The second kappa shape index (κ2) is 6.27. The van der Waals surface area contributed by atoms with Crippen molar-refractivity contribution in [3.8, 4) is 0 Å². The summed E-state index contributed by atoms with van der Waals surface area (Å²) in [6, 6.07) is -1.01. The Labute approximate surface area is 115 Å². The summed E-state index contributed by atoms with van der Waals surface area (Å²) in [5.41, 5.74) is 0. The molecule has 1 fully saturated rings. The first-order chi connectivity index (χ1) is 9.03. The molecule has 1 amide bonds. The number of nitrogens with zero attached hydrogens (tertiary/aromatic N) is 1. The van der Waals surface area contributed by atoms with Gasteiger partial charge in [0.2, 0.25) is 15.9 Å². The van der Waals surface area contributed by atoms with E-state index in [1.165, 1.54) is 0 Å². The number of aliphatic hydroxyl groups is 1. The van der Waals surface area contributed by atoms with Crippen LogP contribution in [0.3, 0.4) is 0 Å². The molecule has 10 heteroatoms. The molecule has 0 aromatic rings. The molecule has 0 aromatic carbocycles. The quantitative estimate of drug-likeness (QED) is 0.754. The highest BCUT2D eigenvalue weighted by Crippen LogP contribution is 2.21. The van der Waals surface area contributed by atoms with Gasteiger partial charge in [0.05, 0.1) is 12.8 Å². The molecule has 6 nitrogen and oxygen atoms in total. The number of nitrogens with one attached hydrogen (secondary N) is 1. The molecular formula is C10H17F3N2O4S. The second-order valence-corrected chi connectivity index (χ2v) is 6.62. The van der Waals surface area contributed by atoms with Gasteiger partial charge in [-0.15, -0.1) is 0 Å². The number of piperidine rings is 1. The van der Waals surface area contributed by atoms with Crippen molar-refractivity contribution in [1.29, 1.82) is 0 Å². The van der Waals surface area contributed by atoms with Crippen LogP contribution in [0.1, 0.15) is 19.3 Å². The monoisotopic (exact) mass is 318 g/mol. The van der Waals surface area contributed by atoms with Crippen LogP contribution in [-0.2, 0) is 14.8 Å². The number of halogens is 3. The van der Waals surface area contributed by atoms with Gasteiger partial charge in [-0.1, -0.05) is 6.42 Å². The molecular weight excluding hydrogens is 301 g/mol. The summed E-state index contributed by atoms with van der Waals surface area (Å²) in [6.45, 7) is -0.824. The molecule has 118 valence electrons. The molecule has 1 heterocycles. The summed E-state index contributed by atoms with van der Waals surface area (Å²) in [6.07, 6.45) is -5.07. The van der Waals surface area contributed by atoms with E-state index in [-0.39, 0.29) is 13.0 Å². The van der Waals surface area contributed by atoms with Gasteiger partial charge in [-0.2, -0.15) is 17.5 Å². The van der Waals surface area contributed by atoms with E-state index in [1.807, 2.05) is 5.32 Å². The SMILES string of the molecule is CS(=O)(=O)N1CCCCC1C(=O)NCC(O)C(F)(F)F. The van der Waals surface area contributed by atoms with Crippen molar-refractivity contribution in [2.24, 2.45) is 0 Å². The van der Waals surface area contributed by atoms with Gasteiger partial charge in [-0.25, -0.2) is 8.42 Å². The maximum absolute atomic E-state index is 12.1. The molecule has 0 aliphatic carbocycles. The fourth-order valence-corrected chi connectivity index (χ4v) is 3.12. The normalized spacial score (nSPS) is 23.4. The number of hydrogen-bond acceptors (Lipinski definition) is 4. The molecule has 0 spiro atoms. The average Bonchev–Trinajstić information content (AvgIpc) is 2.33. The van der Waals surface area contributed by atoms with Gasteiger partial charge in [-0.3, -0.25) is 4.79 Å². The largest absolute Gasteiger partial charge is 0.416 e. The number of carbonyl (C=O) groups is 1. The van der Waals surface area contributed by atoms with Crippen LogP contribution in [0.4, 0.5) is 13.2 Å². The molecule has 1 aliphatic rings. The highest BCUT2D eigenvalue weighted by atomic mass is 32.2. The Balaban J connectivity index is 2.65. The fraction of sp³-hybridized carbons (Fsp3) is 0.900. The Morgan fingerprint density at radius 1 is 1.45 bits per heavy atom. The van der Waals surface area contributed by atoms with Gasteiger partial charge < -0.3 is 10.4 Å². The second-order valence-electron chi connectivity index (χ2n) is 4.69. The van der Waals surface area contributed by atoms with Crippen LogP contribution in [0.15, 0.2) is 0 Å². The average molecular weight is 318 g/mol. The van der Waals surface area contributed by atoms with Crippen molar-refractivity contribution in [1.82, 2.24) is 9.62 Å². The van der Waals surface area contributed by atoms with Gasteiger partial charge in [0.25, 0.3) is 0 Å². The van der Waals surface area contributed by atoms with Crippen molar-refractivity contribution in [3.05, 3.63) is 0 Å². The fourth-order valence-electron chi connectivity index (χ4n) is 1.99. The zero-order valence-corrected chi connectivity index (χ0v) is 11.7. The van der Waals surface area contributed by atoms with E-state index >= 15 is 0 Å². The lowest BCUT2D eigenvalue weighted by Gasteiger charge is -2.32.